The normalized spacial score (nSPS) is 20.4. The number of nitrogens with zero attached hydrogens (tertiary/aromatic N) is 2. The molecule has 1 saturated carbocycles. The molecule has 130 valence electrons. The first-order valence-electron chi connectivity index (χ1n) is 7.75. The number of aryl methyl sites for hydroxylation is 1. The highest BCUT2D eigenvalue weighted by Crippen LogP contribution is 2.27. The van der Waals surface area contributed by atoms with E-state index in [4.69, 9.17) is 10.4 Å². The lowest BCUT2D eigenvalue weighted by Crippen LogP contribution is -2.54. The van der Waals surface area contributed by atoms with Crippen molar-refractivity contribution in [2.75, 3.05) is 13.1 Å². The number of carboxylic acid groups (broad SMARTS) is 1. The van der Waals surface area contributed by atoms with Gasteiger partial charge in [-0.3, -0.25) is 9.69 Å². The molecule has 1 fully saturated rings. The summed E-state index contributed by atoms with van der Waals surface area (Å²) in [6.45, 7) is 4.14. The van der Waals surface area contributed by atoms with Gasteiger partial charge in [-0.2, -0.15) is 5.26 Å². The van der Waals surface area contributed by atoms with Crippen LogP contribution in [0.4, 0.5) is 0 Å². The lowest BCUT2D eigenvalue weighted by Gasteiger charge is -2.42. The fourth-order valence-corrected chi connectivity index (χ4v) is 4.43. The van der Waals surface area contributed by atoms with Gasteiger partial charge in [0.1, 0.15) is 0 Å². The molecule has 0 unspecified atom stereocenters. The Bertz CT molecular complexity index is 764. The van der Waals surface area contributed by atoms with Crippen LogP contribution in [0.25, 0.3) is 0 Å². The van der Waals surface area contributed by atoms with E-state index in [0.29, 0.717) is 30.5 Å². The van der Waals surface area contributed by atoms with E-state index in [2.05, 4.69) is 4.72 Å². The zero-order chi connectivity index (χ0) is 17.9. The number of hydrogen-bond acceptors (Lipinski definition) is 5. The summed E-state index contributed by atoms with van der Waals surface area (Å²) in [5.74, 6) is -0.884. The lowest BCUT2D eigenvalue weighted by molar-refractivity contribution is -0.139. The van der Waals surface area contributed by atoms with Gasteiger partial charge in [-0.15, -0.1) is 0 Å². The van der Waals surface area contributed by atoms with Crippen molar-refractivity contribution in [1.29, 1.82) is 5.26 Å². The molecule has 0 atom stereocenters. The van der Waals surface area contributed by atoms with Crippen molar-refractivity contribution in [2.45, 2.75) is 43.7 Å². The third kappa shape index (κ3) is 4.12. The molecule has 0 aliphatic heterocycles. The number of carbonyl (C=O) groups is 1. The molecule has 0 heterocycles. The molecular formula is C16H21N3O4S. The standard InChI is InChI=1S/C16H21N3O4S/c1-3-19(10-16(20)21)14-7-13(8-14)18-24(22,23)15-6-12(9-17)5-4-11(15)2/h4-6,13-14,18H,3,7-8,10H2,1-2H3,(H,20,21). The van der Waals surface area contributed by atoms with Crippen LogP contribution >= 0.6 is 0 Å². The summed E-state index contributed by atoms with van der Waals surface area (Å²) in [5.41, 5.74) is 0.879. The van der Waals surface area contributed by atoms with Gasteiger partial charge in [0.15, 0.2) is 0 Å². The average Bonchev–Trinajstić information content (AvgIpc) is 2.48. The summed E-state index contributed by atoms with van der Waals surface area (Å²) in [6.07, 6.45) is 1.16. The van der Waals surface area contributed by atoms with Crippen LogP contribution in [-0.2, 0) is 14.8 Å². The van der Waals surface area contributed by atoms with E-state index in [-0.39, 0.29) is 23.5 Å². The summed E-state index contributed by atoms with van der Waals surface area (Å²) >= 11 is 0. The van der Waals surface area contributed by atoms with Crippen LogP contribution in [0.15, 0.2) is 23.1 Å². The molecule has 2 rings (SSSR count). The SMILES string of the molecule is CCN(CC(=O)O)C1CC(NS(=O)(=O)c2cc(C#N)ccc2C)C1. The topological polar surface area (TPSA) is 110 Å². The van der Waals surface area contributed by atoms with E-state index >= 15 is 0 Å². The number of benzene rings is 1. The minimum atomic E-state index is -3.70. The largest absolute Gasteiger partial charge is 0.480 e. The Morgan fingerprint density at radius 2 is 2.12 bits per heavy atom. The number of carboxylic acids is 1. The molecule has 0 saturated heterocycles. The van der Waals surface area contributed by atoms with Gasteiger partial charge >= 0.3 is 5.97 Å². The predicted molar refractivity (Wildman–Crippen MR) is 87.9 cm³/mol. The molecule has 1 aromatic rings. The third-order valence-corrected chi connectivity index (χ3v) is 5.97. The lowest BCUT2D eigenvalue weighted by atomic mass is 9.86. The van der Waals surface area contributed by atoms with Crippen LogP contribution in [0, 0.1) is 18.3 Å². The highest BCUT2D eigenvalue weighted by Gasteiger charge is 2.36. The van der Waals surface area contributed by atoms with Gasteiger partial charge in [-0.05, 0) is 44.0 Å². The van der Waals surface area contributed by atoms with Crippen LogP contribution in [0.3, 0.4) is 0 Å². The third-order valence-electron chi connectivity index (χ3n) is 4.30. The van der Waals surface area contributed by atoms with Crippen LogP contribution in [0.1, 0.15) is 30.9 Å². The first-order chi connectivity index (χ1) is 11.3. The Morgan fingerprint density at radius 3 is 2.67 bits per heavy atom. The minimum Gasteiger partial charge on any atom is -0.480 e. The zero-order valence-electron chi connectivity index (χ0n) is 13.7. The number of nitrogens with one attached hydrogen (secondary N) is 1. The van der Waals surface area contributed by atoms with E-state index in [0.717, 1.165) is 0 Å². The van der Waals surface area contributed by atoms with Crippen molar-refractivity contribution in [3.63, 3.8) is 0 Å². The maximum Gasteiger partial charge on any atom is 0.317 e. The molecule has 24 heavy (non-hydrogen) atoms. The maximum atomic E-state index is 12.5. The summed E-state index contributed by atoms with van der Waals surface area (Å²) in [4.78, 5) is 12.8. The van der Waals surface area contributed by atoms with Crippen molar-refractivity contribution in [1.82, 2.24) is 9.62 Å². The second-order valence-corrected chi connectivity index (χ2v) is 7.67. The van der Waals surface area contributed by atoms with Crippen LogP contribution in [-0.4, -0.2) is 49.6 Å². The van der Waals surface area contributed by atoms with Gasteiger partial charge in [0, 0.05) is 12.1 Å². The van der Waals surface area contributed by atoms with E-state index in [9.17, 15) is 13.2 Å². The van der Waals surface area contributed by atoms with E-state index in [1.54, 1.807) is 19.1 Å². The zero-order valence-corrected chi connectivity index (χ0v) is 14.5. The predicted octanol–water partition coefficient (Wildman–Crippen LogP) is 1.08. The Hall–Kier alpha value is -1.95. The number of aliphatic carboxylic acids is 1. The van der Waals surface area contributed by atoms with Gasteiger partial charge in [0.2, 0.25) is 10.0 Å². The molecule has 0 amide bonds. The second kappa shape index (κ2) is 7.30. The molecule has 0 radical (unpaired) electrons. The first-order valence-corrected chi connectivity index (χ1v) is 9.24. The fraction of sp³-hybridized carbons (Fsp3) is 0.500. The monoisotopic (exact) mass is 351 g/mol. The molecule has 7 nitrogen and oxygen atoms in total. The number of sulfonamides is 1. The van der Waals surface area contributed by atoms with Crippen molar-refractivity contribution < 1.29 is 18.3 Å². The highest BCUT2D eigenvalue weighted by molar-refractivity contribution is 7.89. The Labute approximate surface area is 141 Å². The summed E-state index contributed by atoms with van der Waals surface area (Å²) < 4.78 is 27.7. The molecule has 1 aromatic carbocycles. The van der Waals surface area contributed by atoms with Crippen LogP contribution < -0.4 is 4.72 Å². The van der Waals surface area contributed by atoms with Gasteiger partial charge in [0.25, 0.3) is 0 Å². The Morgan fingerprint density at radius 1 is 1.46 bits per heavy atom. The molecule has 1 aliphatic carbocycles. The molecular weight excluding hydrogens is 330 g/mol. The fourth-order valence-electron chi connectivity index (χ4n) is 2.90. The van der Waals surface area contributed by atoms with Gasteiger partial charge < -0.3 is 5.11 Å². The van der Waals surface area contributed by atoms with E-state index < -0.39 is 16.0 Å². The second-order valence-electron chi connectivity index (χ2n) is 5.99. The van der Waals surface area contributed by atoms with Gasteiger partial charge in [0.05, 0.1) is 23.1 Å². The van der Waals surface area contributed by atoms with Crippen molar-refractivity contribution >= 4 is 16.0 Å². The Balaban J connectivity index is 2.03. The molecule has 2 N–H and O–H groups in total. The quantitative estimate of drug-likeness (QED) is 0.760. The molecule has 1 aliphatic rings. The van der Waals surface area contributed by atoms with Crippen molar-refractivity contribution in [3.8, 4) is 6.07 Å². The molecule has 0 spiro atoms. The summed E-state index contributed by atoms with van der Waals surface area (Å²) in [6, 6.07) is 6.37. The summed E-state index contributed by atoms with van der Waals surface area (Å²) in [5, 5.41) is 17.8. The van der Waals surface area contributed by atoms with Gasteiger partial charge in [-0.1, -0.05) is 13.0 Å². The number of likely N-dealkylation sites (N-methyl/N-ethyl adjacent to an activating group) is 1. The minimum absolute atomic E-state index is 0.0377. The van der Waals surface area contributed by atoms with Crippen LogP contribution in [0.5, 0.6) is 0 Å². The first kappa shape index (κ1) is 18.4. The number of nitriles is 1. The molecule has 0 bridgehead atoms. The van der Waals surface area contributed by atoms with Crippen LogP contribution in [0.2, 0.25) is 0 Å². The van der Waals surface area contributed by atoms with E-state index in [1.807, 2.05) is 17.9 Å². The summed E-state index contributed by atoms with van der Waals surface area (Å²) in [7, 11) is -3.70. The highest BCUT2D eigenvalue weighted by atomic mass is 32.2. The molecule has 0 aromatic heterocycles. The van der Waals surface area contributed by atoms with E-state index in [1.165, 1.54) is 6.07 Å². The number of hydrogen-bond donors (Lipinski definition) is 2. The van der Waals surface area contributed by atoms with Crippen molar-refractivity contribution in [3.05, 3.63) is 29.3 Å². The average molecular weight is 351 g/mol. The maximum absolute atomic E-state index is 12.5. The smallest absolute Gasteiger partial charge is 0.317 e. The van der Waals surface area contributed by atoms with Gasteiger partial charge in [-0.25, -0.2) is 13.1 Å². The molecule has 8 heteroatoms. The Kier molecular flexibility index (Phi) is 5.59. The van der Waals surface area contributed by atoms with Crippen molar-refractivity contribution in [2.24, 2.45) is 0 Å². The number of rotatable bonds is 7.